The lowest BCUT2D eigenvalue weighted by molar-refractivity contribution is -0.127. The maximum atomic E-state index is 11.7. The number of hydrogen-bond donors (Lipinski definition) is 2. The molecule has 0 aliphatic rings. The molecule has 2 aromatic rings. The molecule has 2 N–H and O–H groups in total. The molecule has 134 valence electrons. The van der Waals surface area contributed by atoms with Crippen LogP contribution in [0.25, 0.3) is 6.08 Å². The average molecular weight is 353 g/mol. The van der Waals surface area contributed by atoms with E-state index in [1.54, 1.807) is 48.6 Å². The van der Waals surface area contributed by atoms with E-state index in [0.717, 1.165) is 5.56 Å². The summed E-state index contributed by atoms with van der Waals surface area (Å²) in [5, 5.41) is 0. The van der Waals surface area contributed by atoms with Gasteiger partial charge < -0.3 is 9.30 Å². The van der Waals surface area contributed by atoms with Crippen LogP contribution >= 0.6 is 0 Å². The molecule has 0 unspecified atom stereocenters. The minimum Gasteiger partial charge on any atom is -0.490 e. The first-order chi connectivity index (χ1) is 12.6. The van der Waals surface area contributed by atoms with Gasteiger partial charge in [-0.05, 0) is 29.8 Å². The van der Waals surface area contributed by atoms with Gasteiger partial charge in [0.15, 0.2) is 0 Å². The first-order valence-corrected chi connectivity index (χ1v) is 7.84. The van der Waals surface area contributed by atoms with Gasteiger partial charge in [-0.1, -0.05) is 30.9 Å². The maximum absolute atomic E-state index is 11.7. The molecule has 2 amide bonds. The highest BCUT2D eigenvalue weighted by molar-refractivity contribution is 5.93. The number of carbonyl (C=O) groups excluding carboxylic acids is 2. The fraction of sp³-hybridized carbons (Fsp3) is 0.105. The molecule has 1 aromatic heterocycles. The van der Waals surface area contributed by atoms with E-state index in [9.17, 15) is 14.4 Å². The molecule has 2 rings (SSSR count). The van der Waals surface area contributed by atoms with Crippen LogP contribution in [0.5, 0.6) is 5.75 Å². The molecule has 0 spiro atoms. The Balaban J connectivity index is 1.79. The minimum absolute atomic E-state index is 0.185. The van der Waals surface area contributed by atoms with E-state index in [2.05, 4.69) is 17.4 Å². The zero-order chi connectivity index (χ0) is 18.8. The smallest absolute Gasteiger partial charge is 0.262 e. The Morgan fingerprint density at radius 3 is 2.58 bits per heavy atom. The predicted molar refractivity (Wildman–Crippen MR) is 98.2 cm³/mol. The van der Waals surface area contributed by atoms with E-state index in [0.29, 0.717) is 12.4 Å². The molecule has 0 saturated heterocycles. The second kappa shape index (κ2) is 9.63. The van der Waals surface area contributed by atoms with Gasteiger partial charge in [0.25, 0.3) is 17.4 Å². The summed E-state index contributed by atoms with van der Waals surface area (Å²) in [7, 11) is 0. The van der Waals surface area contributed by atoms with Crippen molar-refractivity contribution < 1.29 is 14.3 Å². The van der Waals surface area contributed by atoms with Gasteiger partial charge in [-0.15, -0.1) is 0 Å². The van der Waals surface area contributed by atoms with Crippen LogP contribution in [0.1, 0.15) is 5.56 Å². The van der Waals surface area contributed by atoms with Crippen LogP contribution in [0.3, 0.4) is 0 Å². The summed E-state index contributed by atoms with van der Waals surface area (Å²) in [6.07, 6.45) is 6.03. The van der Waals surface area contributed by atoms with Crippen LogP contribution in [0.2, 0.25) is 0 Å². The number of aromatic nitrogens is 1. The first-order valence-electron chi connectivity index (χ1n) is 7.84. The molecule has 7 heteroatoms. The van der Waals surface area contributed by atoms with Gasteiger partial charge in [0.05, 0.1) is 0 Å². The van der Waals surface area contributed by atoms with Crippen LogP contribution in [0.15, 0.2) is 72.2 Å². The third kappa shape index (κ3) is 6.12. The number of nitrogens with zero attached hydrogens (tertiary/aromatic N) is 1. The van der Waals surface area contributed by atoms with E-state index >= 15 is 0 Å². The lowest BCUT2D eigenvalue weighted by Gasteiger charge is -2.07. The van der Waals surface area contributed by atoms with Crippen LogP contribution in [-0.4, -0.2) is 23.0 Å². The second-order valence-electron chi connectivity index (χ2n) is 5.21. The van der Waals surface area contributed by atoms with Crippen LogP contribution in [0.4, 0.5) is 0 Å². The maximum Gasteiger partial charge on any atom is 0.262 e. The summed E-state index contributed by atoms with van der Waals surface area (Å²) >= 11 is 0. The Morgan fingerprint density at radius 1 is 1.12 bits per heavy atom. The lowest BCUT2D eigenvalue weighted by Crippen LogP contribution is -2.43. The zero-order valence-electron chi connectivity index (χ0n) is 14.1. The number of hydrogen-bond acceptors (Lipinski definition) is 4. The van der Waals surface area contributed by atoms with Gasteiger partial charge >= 0.3 is 0 Å². The Labute approximate surface area is 150 Å². The van der Waals surface area contributed by atoms with Crippen molar-refractivity contribution in [2.24, 2.45) is 0 Å². The van der Waals surface area contributed by atoms with Crippen molar-refractivity contribution in [3.8, 4) is 5.75 Å². The van der Waals surface area contributed by atoms with Crippen molar-refractivity contribution in [1.29, 1.82) is 0 Å². The van der Waals surface area contributed by atoms with Crippen molar-refractivity contribution in [2.75, 3.05) is 6.61 Å². The van der Waals surface area contributed by atoms with E-state index in [4.69, 9.17) is 4.74 Å². The molecular formula is C19H19N3O4. The summed E-state index contributed by atoms with van der Waals surface area (Å²) in [5.41, 5.74) is 5.01. The molecule has 0 aliphatic heterocycles. The van der Waals surface area contributed by atoms with E-state index in [1.165, 1.54) is 22.9 Å². The van der Waals surface area contributed by atoms with Gasteiger partial charge in [-0.3, -0.25) is 25.2 Å². The molecule has 1 aromatic carbocycles. The SMILES string of the molecule is C=CCOc1ccc(/C=C/C(=O)NNC(=O)Cn2ccccc2=O)cc1. The van der Waals surface area contributed by atoms with Crippen LogP contribution < -0.4 is 21.1 Å². The number of benzene rings is 1. The number of carbonyl (C=O) groups is 2. The highest BCUT2D eigenvalue weighted by Gasteiger charge is 2.04. The van der Waals surface area contributed by atoms with Gasteiger partial charge in [0, 0.05) is 18.3 Å². The molecule has 0 saturated carbocycles. The Morgan fingerprint density at radius 2 is 1.88 bits per heavy atom. The van der Waals surface area contributed by atoms with Crippen molar-refractivity contribution in [2.45, 2.75) is 6.54 Å². The number of hydrazine groups is 1. The van der Waals surface area contributed by atoms with Gasteiger partial charge in [-0.25, -0.2) is 0 Å². The highest BCUT2D eigenvalue weighted by atomic mass is 16.5. The predicted octanol–water partition coefficient (Wildman–Crippen LogP) is 1.27. The zero-order valence-corrected chi connectivity index (χ0v) is 14.1. The van der Waals surface area contributed by atoms with Crippen molar-refractivity contribution in [1.82, 2.24) is 15.4 Å². The molecule has 0 atom stereocenters. The van der Waals surface area contributed by atoms with E-state index < -0.39 is 11.8 Å². The normalized spacial score (nSPS) is 10.3. The Bertz CT molecular complexity index is 854. The van der Waals surface area contributed by atoms with Crippen LogP contribution in [-0.2, 0) is 16.1 Å². The lowest BCUT2D eigenvalue weighted by atomic mass is 10.2. The van der Waals surface area contributed by atoms with Gasteiger partial charge in [0.1, 0.15) is 18.9 Å². The summed E-state index contributed by atoms with van der Waals surface area (Å²) in [4.78, 5) is 35.0. The third-order valence-corrected chi connectivity index (χ3v) is 3.21. The molecular weight excluding hydrogens is 334 g/mol. The highest BCUT2D eigenvalue weighted by Crippen LogP contribution is 2.13. The summed E-state index contributed by atoms with van der Waals surface area (Å²) < 4.78 is 6.59. The van der Waals surface area contributed by atoms with E-state index in [1.807, 2.05) is 0 Å². The summed E-state index contributed by atoms with van der Waals surface area (Å²) in [6.45, 7) is 3.81. The fourth-order valence-corrected chi connectivity index (χ4v) is 1.96. The van der Waals surface area contributed by atoms with Gasteiger partial charge in [0.2, 0.25) is 0 Å². The summed E-state index contributed by atoms with van der Waals surface area (Å²) in [5.74, 6) is -0.301. The topological polar surface area (TPSA) is 89.4 Å². The molecule has 0 radical (unpaired) electrons. The number of ether oxygens (including phenoxy) is 1. The Kier molecular flexibility index (Phi) is 6.93. The van der Waals surface area contributed by atoms with Gasteiger partial charge in [-0.2, -0.15) is 0 Å². The van der Waals surface area contributed by atoms with E-state index in [-0.39, 0.29) is 12.1 Å². The summed E-state index contributed by atoms with van der Waals surface area (Å²) in [6, 6.07) is 11.7. The molecule has 0 fully saturated rings. The monoisotopic (exact) mass is 353 g/mol. The number of pyridine rings is 1. The number of rotatable bonds is 7. The van der Waals surface area contributed by atoms with Crippen LogP contribution in [0, 0.1) is 0 Å². The minimum atomic E-state index is -0.510. The quantitative estimate of drug-likeness (QED) is 0.446. The molecule has 7 nitrogen and oxygen atoms in total. The van der Waals surface area contributed by atoms with Crippen molar-refractivity contribution in [3.63, 3.8) is 0 Å². The second-order valence-corrected chi connectivity index (χ2v) is 5.21. The van der Waals surface area contributed by atoms with Crippen molar-refractivity contribution >= 4 is 17.9 Å². The third-order valence-electron chi connectivity index (χ3n) is 3.21. The van der Waals surface area contributed by atoms with Crippen molar-refractivity contribution in [3.05, 3.63) is 83.3 Å². The fourth-order valence-electron chi connectivity index (χ4n) is 1.96. The average Bonchev–Trinajstić information content (AvgIpc) is 2.65. The molecule has 1 heterocycles. The molecule has 0 aliphatic carbocycles. The number of nitrogens with one attached hydrogen (secondary N) is 2. The molecule has 0 bridgehead atoms. The molecule has 26 heavy (non-hydrogen) atoms. The Hall–Kier alpha value is -3.61. The number of amides is 2. The largest absolute Gasteiger partial charge is 0.490 e. The standard InChI is InChI=1S/C19H19N3O4/c1-2-13-26-16-9-6-15(7-10-16)8-11-17(23)20-21-18(24)14-22-12-4-3-5-19(22)25/h2-12H,1,13-14H2,(H,20,23)(H,21,24)/b11-8+. The first kappa shape index (κ1) is 18.7.